The summed E-state index contributed by atoms with van der Waals surface area (Å²) in [6.45, 7) is 0. The Labute approximate surface area is 124 Å². The van der Waals surface area contributed by atoms with E-state index in [9.17, 15) is 4.79 Å². The van der Waals surface area contributed by atoms with Gasteiger partial charge in [0.1, 0.15) is 5.75 Å². The molecule has 5 heteroatoms. The number of carbonyl (C=O) groups is 1. The molecule has 2 aromatic carbocycles. The number of ether oxygens (including phenoxy) is 1. The highest BCUT2D eigenvalue weighted by Crippen LogP contribution is 2.28. The largest absolute Gasteiger partial charge is 0.495 e. The average molecular weight is 341 g/mol. The number of benzene rings is 2. The second-order valence-electron chi connectivity index (χ2n) is 3.78. The molecule has 0 heterocycles. The van der Waals surface area contributed by atoms with E-state index < -0.39 is 0 Å². The molecular weight excluding hydrogens is 330 g/mol. The summed E-state index contributed by atoms with van der Waals surface area (Å²) in [5.74, 6) is 0.323. The minimum Gasteiger partial charge on any atom is -0.495 e. The summed E-state index contributed by atoms with van der Waals surface area (Å²) in [6.07, 6.45) is 0. The van der Waals surface area contributed by atoms with Crippen molar-refractivity contribution in [2.75, 3.05) is 12.4 Å². The second kappa shape index (κ2) is 6.08. The van der Waals surface area contributed by atoms with Crippen LogP contribution in [0.5, 0.6) is 5.75 Å². The first-order valence-electron chi connectivity index (χ1n) is 5.51. The lowest BCUT2D eigenvalue weighted by molar-refractivity contribution is 0.102. The van der Waals surface area contributed by atoms with Gasteiger partial charge in [-0.05, 0) is 40.2 Å². The van der Waals surface area contributed by atoms with Gasteiger partial charge >= 0.3 is 0 Å². The van der Waals surface area contributed by atoms with Crippen molar-refractivity contribution in [3.8, 4) is 5.75 Å². The molecule has 0 atom stereocenters. The standard InChI is InChI=1S/C14H11BrClNO2/c1-19-13-8-9(6-7-12(13)16)17-14(18)10-4-2-3-5-11(10)15/h2-8H,1H3,(H,17,18). The molecule has 0 unspecified atom stereocenters. The van der Waals surface area contributed by atoms with Crippen molar-refractivity contribution in [2.24, 2.45) is 0 Å². The van der Waals surface area contributed by atoms with Crippen molar-refractivity contribution in [2.45, 2.75) is 0 Å². The Bertz CT molecular complexity index is 616. The SMILES string of the molecule is COc1cc(NC(=O)c2ccccc2Br)ccc1Cl. The van der Waals surface area contributed by atoms with Crippen LogP contribution in [0.1, 0.15) is 10.4 Å². The first-order chi connectivity index (χ1) is 9.11. The highest BCUT2D eigenvalue weighted by atomic mass is 79.9. The molecule has 0 spiro atoms. The molecule has 0 aliphatic carbocycles. The normalized spacial score (nSPS) is 10.1. The topological polar surface area (TPSA) is 38.3 Å². The summed E-state index contributed by atoms with van der Waals surface area (Å²) in [6, 6.07) is 12.3. The van der Waals surface area contributed by atoms with E-state index in [1.165, 1.54) is 7.11 Å². The summed E-state index contributed by atoms with van der Waals surface area (Å²) in [7, 11) is 1.53. The predicted octanol–water partition coefficient (Wildman–Crippen LogP) is 4.36. The van der Waals surface area contributed by atoms with Gasteiger partial charge in [-0.25, -0.2) is 0 Å². The zero-order valence-corrected chi connectivity index (χ0v) is 12.5. The van der Waals surface area contributed by atoms with E-state index in [0.29, 0.717) is 22.0 Å². The van der Waals surface area contributed by atoms with E-state index in [2.05, 4.69) is 21.2 Å². The van der Waals surface area contributed by atoms with Crippen molar-refractivity contribution < 1.29 is 9.53 Å². The highest BCUT2D eigenvalue weighted by Gasteiger charge is 2.10. The molecule has 19 heavy (non-hydrogen) atoms. The van der Waals surface area contributed by atoms with Gasteiger partial charge in [0.25, 0.3) is 5.91 Å². The number of hydrogen-bond acceptors (Lipinski definition) is 2. The maximum Gasteiger partial charge on any atom is 0.256 e. The van der Waals surface area contributed by atoms with E-state index in [1.54, 1.807) is 24.3 Å². The van der Waals surface area contributed by atoms with Crippen LogP contribution in [-0.2, 0) is 0 Å². The summed E-state index contributed by atoms with van der Waals surface area (Å²) >= 11 is 9.27. The van der Waals surface area contributed by atoms with Gasteiger partial charge in [0, 0.05) is 16.2 Å². The van der Waals surface area contributed by atoms with Gasteiger partial charge in [-0.15, -0.1) is 0 Å². The van der Waals surface area contributed by atoms with Crippen molar-refractivity contribution in [3.63, 3.8) is 0 Å². The van der Waals surface area contributed by atoms with E-state index in [4.69, 9.17) is 16.3 Å². The van der Waals surface area contributed by atoms with Gasteiger partial charge in [-0.2, -0.15) is 0 Å². The van der Waals surface area contributed by atoms with Crippen molar-refractivity contribution in [1.82, 2.24) is 0 Å². The van der Waals surface area contributed by atoms with Crippen molar-refractivity contribution in [3.05, 3.63) is 57.5 Å². The fraction of sp³-hybridized carbons (Fsp3) is 0.0714. The molecule has 0 bridgehead atoms. The van der Waals surface area contributed by atoms with E-state index in [1.807, 2.05) is 18.2 Å². The third-order valence-electron chi connectivity index (χ3n) is 2.53. The fourth-order valence-corrected chi connectivity index (χ4v) is 2.24. The smallest absolute Gasteiger partial charge is 0.256 e. The Morgan fingerprint density at radius 3 is 2.68 bits per heavy atom. The first kappa shape index (κ1) is 13.9. The third kappa shape index (κ3) is 3.28. The number of anilines is 1. The monoisotopic (exact) mass is 339 g/mol. The maximum atomic E-state index is 12.1. The number of hydrogen-bond donors (Lipinski definition) is 1. The number of carbonyl (C=O) groups excluding carboxylic acids is 1. The Morgan fingerprint density at radius 1 is 1.26 bits per heavy atom. The lowest BCUT2D eigenvalue weighted by Gasteiger charge is -2.09. The molecule has 0 saturated heterocycles. The van der Waals surface area contributed by atoms with Crippen molar-refractivity contribution >= 4 is 39.1 Å². The maximum absolute atomic E-state index is 12.1. The zero-order chi connectivity index (χ0) is 13.8. The Balaban J connectivity index is 2.22. The van der Waals surface area contributed by atoms with Crippen molar-refractivity contribution in [1.29, 1.82) is 0 Å². The van der Waals surface area contributed by atoms with E-state index in [-0.39, 0.29) is 5.91 Å². The minimum atomic E-state index is -0.197. The minimum absolute atomic E-state index is 0.197. The van der Waals surface area contributed by atoms with Crippen LogP contribution in [0.25, 0.3) is 0 Å². The summed E-state index contributed by atoms with van der Waals surface area (Å²) in [4.78, 5) is 12.1. The molecule has 0 radical (unpaired) electrons. The first-order valence-corrected chi connectivity index (χ1v) is 6.68. The number of amides is 1. The molecule has 0 aliphatic rings. The van der Waals surface area contributed by atoms with Crippen LogP contribution in [0.4, 0.5) is 5.69 Å². The molecule has 2 aromatic rings. The summed E-state index contributed by atoms with van der Waals surface area (Å²) < 4.78 is 5.85. The van der Waals surface area contributed by atoms with Crippen LogP contribution in [0, 0.1) is 0 Å². The van der Waals surface area contributed by atoms with Crippen LogP contribution in [-0.4, -0.2) is 13.0 Å². The average Bonchev–Trinajstić information content (AvgIpc) is 2.41. The van der Waals surface area contributed by atoms with Crippen LogP contribution in [0.3, 0.4) is 0 Å². The second-order valence-corrected chi connectivity index (χ2v) is 5.04. The highest BCUT2D eigenvalue weighted by molar-refractivity contribution is 9.10. The molecule has 0 fully saturated rings. The Kier molecular flexibility index (Phi) is 4.45. The lowest BCUT2D eigenvalue weighted by Crippen LogP contribution is -2.12. The van der Waals surface area contributed by atoms with Crippen LogP contribution in [0.2, 0.25) is 5.02 Å². The Morgan fingerprint density at radius 2 is 2.00 bits per heavy atom. The quantitative estimate of drug-likeness (QED) is 0.901. The van der Waals surface area contributed by atoms with Crippen LogP contribution in [0.15, 0.2) is 46.9 Å². The van der Waals surface area contributed by atoms with Gasteiger partial charge in [0.15, 0.2) is 0 Å². The summed E-state index contributed by atoms with van der Waals surface area (Å²) in [5.41, 5.74) is 1.19. The van der Waals surface area contributed by atoms with Gasteiger partial charge in [0.05, 0.1) is 17.7 Å². The molecule has 1 N–H and O–H groups in total. The van der Waals surface area contributed by atoms with Gasteiger partial charge in [-0.1, -0.05) is 23.7 Å². The fourth-order valence-electron chi connectivity index (χ4n) is 1.58. The molecule has 3 nitrogen and oxygen atoms in total. The molecular formula is C14H11BrClNO2. The van der Waals surface area contributed by atoms with Gasteiger partial charge in [0.2, 0.25) is 0 Å². The Hall–Kier alpha value is -1.52. The molecule has 2 rings (SSSR count). The van der Waals surface area contributed by atoms with E-state index in [0.717, 1.165) is 4.47 Å². The van der Waals surface area contributed by atoms with Gasteiger partial charge in [-0.3, -0.25) is 4.79 Å². The predicted molar refractivity (Wildman–Crippen MR) is 80.1 cm³/mol. The zero-order valence-electron chi connectivity index (χ0n) is 10.1. The lowest BCUT2D eigenvalue weighted by atomic mass is 10.2. The molecule has 0 aliphatic heterocycles. The molecule has 1 amide bonds. The number of methoxy groups -OCH3 is 1. The molecule has 0 aromatic heterocycles. The number of rotatable bonds is 3. The number of nitrogens with one attached hydrogen (secondary N) is 1. The van der Waals surface area contributed by atoms with E-state index >= 15 is 0 Å². The molecule has 0 saturated carbocycles. The van der Waals surface area contributed by atoms with Crippen LogP contribution < -0.4 is 10.1 Å². The van der Waals surface area contributed by atoms with Crippen LogP contribution >= 0.6 is 27.5 Å². The number of halogens is 2. The summed E-state index contributed by atoms with van der Waals surface area (Å²) in [5, 5.41) is 3.29. The third-order valence-corrected chi connectivity index (χ3v) is 3.53. The molecule has 98 valence electrons. The van der Waals surface area contributed by atoms with Gasteiger partial charge < -0.3 is 10.1 Å².